The largest absolute Gasteiger partial charge is 0.338 e. The van der Waals surface area contributed by atoms with Crippen LogP contribution in [-0.2, 0) is 24.3 Å². The lowest BCUT2D eigenvalue weighted by molar-refractivity contribution is -0.121. The Kier molecular flexibility index (Phi) is 4.98. The molecule has 0 saturated carbocycles. The zero-order chi connectivity index (χ0) is 18.0. The van der Waals surface area contributed by atoms with Crippen LogP contribution in [-0.4, -0.2) is 38.3 Å². The van der Waals surface area contributed by atoms with Crippen LogP contribution in [0.1, 0.15) is 37.2 Å². The molecule has 1 aliphatic rings. The highest BCUT2D eigenvalue weighted by atomic mass is 16.5. The second-order valence-corrected chi connectivity index (χ2v) is 6.40. The molecule has 0 spiro atoms. The van der Waals surface area contributed by atoms with Gasteiger partial charge in [-0.05, 0) is 25.8 Å². The Labute approximate surface area is 145 Å². The fraction of sp³-hybridized carbons (Fsp3) is 0.529. The molecule has 25 heavy (non-hydrogen) atoms. The molecule has 134 valence electrons. The third-order valence-corrected chi connectivity index (χ3v) is 4.41. The van der Waals surface area contributed by atoms with Crippen LogP contribution in [0.3, 0.4) is 0 Å². The first-order valence-corrected chi connectivity index (χ1v) is 8.56. The van der Waals surface area contributed by atoms with Gasteiger partial charge in [0.15, 0.2) is 0 Å². The first-order valence-electron chi connectivity index (χ1n) is 8.56. The van der Waals surface area contributed by atoms with Gasteiger partial charge in [-0.15, -0.1) is 0 Å². The van der Waals surface area contributed by atoms with Crippen LogP contribution in [0.15, 0.2) is 21.5 Å². The third-order valence-electron chi connectivity index (χ3n) is 4.41. The van der Waals surface area contributed by atoms with Gasteiger partial charge in [-0.1, -0.05) is 12.1 Å². The summed E-state index contributed by atoms with van der Waals surface area (Å²) in [7, 11) is 0. The topological polar surface area (TPSA) is 93.3 Å². The Balaban J connectivity index is 1.70. The second kappa shape index (κ2) is 7.18. The van der Waals surface area contributed by atoms with Crippen LogP contribution in [0.2, 0.25) is 0 Å². The van der Waals surface area contributed by atoms with Crippen molar-refractivity contribution in [2.45, 2.75) is 52.7 Å². The lowest BCUT2D eigenvalue weighted by Gasteiger charge is -2.32. The van der Waals surface area contributed by atoms with E-state index in [0.717, 1.165) is 24.1 Å². The molecule has 0 bridgehead atoms. The van der Waals surface area contributed by atoms with Crippen molar-refractivity contribution in [1.82, 2.24) is 19.8 Å². The standard InChI is InChI=1S/C17H23N5O3/c1-4-6-22-16(23)9-13-10-21(7-5-14(13)19-22)12(3)17(24)18-15-8-11(2)20-25-15/h8-9,12H,4-7,10H2,1-3H3,(H,18,24). The maximum absolute atomic E-state index is 12.4. The number of fused-ring (bicyclic) bond motifs is 1. The molecule has 3 heterocycles. The van der Waals surface area contributed by atoms with Gasteiger partial charge >= 0.3 is 0 Å². The highest BCUT2D eigenvalue weighted by molar-refractivity contribution is 5.93. The van der Waals surface area contributed by atoms with Crippen molar-refractivity contribution in [3.63, 3.8) is 0 Å². The van der Waals surface area contributed by atoms with Crippen molar-refractivity contribution >= 4 is 11.8 Å². The first kappa shape index (κ1) is 17.3. The van der Waals surface area contributed by atoms with Crippen molar-refractivity contribution < 1.29 is 9.32 Å². The van der Waals surface area contributed by atoms with Gasteiger partial charge in [0.1, 0.15) is 0 Å². The maximum Gasteiger partial charge on any atom is 0.267 e. The Morgan fingerprint density at radius 1 is 1.44 bits per heavy atom. The Hall–Kier alpha value is -2.48. The lowest BCUT2D eigenvalue weighted by atomic mass is 10.0. The summed E-state index contributed by atoms with van der Waals surface area (Å²) in [6.45, 7) is 7.54. The number of hydrogen-bond acceptors (Lipinski definition) is 6. The molecule has 1 N–H and O–H groups in total. The quantitative estimate of drug-likeness (QED) is 0.879. The molecule has 0 aliphatic carbocycles. The molecule has 1 unspecified atom stereocenters. The van der Waals surface area contributed by atoms with Gasteiger partial charge in [0.2, 0.25) is 11.8 Å². The summed E-state index contributed by atoms with van der Waals surface area (Å²) in [4.78, 5) is 26.6. The van der Waals surface area contributed by atoms with Crippen LogP contribution < -0.4 is 10.9 Å². The summed E-state index contributed by atoms with van der Waals surface area (Å²) in [5.41, 5.74) is 2.47. The highest BCUT2D eigenvalue weighted by Gasteiger charge is 2.27. The number of anilines is 1. The van der Waals surface area contributed by atoms with Gasteiger partial charge in [-0.3, -0.25) is 19.8 Å². The second-order valence-electron chi connectivity index (χ2n) is 6.40. The fourth-order valence-corrected chi connectivity index (χ4v) is 2.98. The van der Waals surface area contributed by atoms with E-state index in [0.29, 0.717) is 31.2 Å². The maximum atomic E-state index is 12.4. The number of nitrogens with zero attached hydrogens (tertiary/aromatic N) is 4. The smallest absolute Gasteiger partial charge is 0.267 e. The van der Waals surface area contributed by atoms with Crippen LogP contribution in [0.4, 0.5) is 5.88 Å². The average Bonchev–Trinajstić information content (AvgIpc) is 2.99. The molecule has 8 heteroatoms. The molecule has 3 rings (SSSR count). The molecule has 1 amide bonds. The van der Waals surface area contributed by atoms with E-state index in [2.05, 4.69) is 15.6 Å². The van der Waals surface area contributed by atoms with E-state index in [1.807, 2.05) is 18.7 Å². The van der Waals surface area contributed by atoms with Crippen molar-refractivity contribution in [3.05, 3.63) is 39.4 Å². The molecule has 0 aromatic carbocycles. The number of amides is 1. The molecular formula is C17H23N5O3. The van der Waals surface area contributed by atoms with Gasteiger partial charge in [0.05, 0.1) is 17.4 Å². The summed E-state index contributed by atoms with van der Waals surface area (Å²) in [5.74, 6) is 0.183. The minimum Gasteiger partial charge on any atom is -0.338 e. The normalized spacial score (nSPS) is 15.6. The van der Waals surface area contributed by atoms with E-state index in [1.54, 1.807) is 19.1 Å². The van der Waals surface area contributed by atoms with E-state index in [-0.39, 0.29) is 17.5 Å². The molecule has 1 atom stereocenters. The molecule has 0 radical (unpaired) electrons. The third kappa shape index (κ3) is 3.79. The van der Waals surface area contributed by atoms with Crippen LogP contribution in [0, 0.1) is 6.92 Å². The number of hydrogen-bond donors (Lipinski definition) is 1. The van der Waals surface area contributed by atoms with Gasteiger partial charge in [0, 0.05) is 38.2 Å². The number of aromatic nitrogens is 3. The first-order chi connectivity index (χ1) is 12.0. The van der Waals surface area contributed by atoms with Crippen molar-refractivity contribution in [2.75, 3.05) is 11.9 Å². The van der Waals surface area contributed by atoms with Crippen LogP contribution in [0.25, 0.3) is 0 Å². The summed E-state index contributed by atoms with van der Waals surface area (Å²) in [5, 5.41) is 11.0. The summed E-state index contributed by atoms with van der Waals surface area (Å²) >= 11 is 0. The zero-order valence-electron chi connectivity index (χ0n) is 14.8. The molecular weight excluding hydrogens is 322 g/mol. The zero-order valence-corrected chi connectivity index (χ0v) is 14.8. The lowest BCUT2D eigenvalue weighted by Crippen LogP contribution is -2.45. The average molecular weight is 345 g/mol. The van der Waals surface area contributed by atoms with Gasteiger partial charge in [-0.2, -0.15) is 5.10 Å². The Morgan fingerprint density at radius 2 is 2.24 bits per heavy atom. The number of nitrogens with one attached hydrogen (secondary N) is 1. The van der Waals surface area contributed by atoms with Crippen LogP contribution in [0.5, 0.6) is 0 Å². The predicted octanol–water partition coefficient (Wildman–Crippen LogP) is 1.34. The van der Waals surface area contributed by atoms with Crippen molar-refractivity contribution in [3.8, 4) is 0 Å². The number of rotatable bonds is 5. The number of carbonyl (C=O) groups excluding carboxylic acids is 1. The molecule has 1 aliphatic heterocycles. The van der Waals surface area contributed by atoms with E-state index in [1.165, 1.54) is 4.68 Å². The monoisotopic (exact) mass is 345 g/mol. The fourth-order valence-electron chi connectivity index (χ4n) is 2.98. The Bertz CT molecular complexity index is 826. The molecule has 0 saturated heterocycles. The molecule has 2 aromatic rings. The molecule has 2 aromatic heterocycles. The number of carbonyl (C=O) groups is 1. The van der Waals surface area contributed by atoms with E-state index in [4.69, 9.17) is 4.52 Å². The number of aryl methyl sites for hydroxylation is 2. The summed E-state index contributed by atoms with van der Waals surface area (Å²) < 4.78 is 6.55. The summed E-state index contributed by atoms with van der Waals surface area (Å²) in [6, 6.07) is 2.97. The summed E-state index contributed by atoms with van der Waals surface area (Å²) in [6.07, 6.45) is 1.59. The van der Waals surface area contributed by atoms with E-state index >= 15 is 0 Å². The van der Waals surface area contributed by atoms with Crippen molar-refractivity contribution in [1.29, 1.82) is 0 Å². The Morgan fingerprint density at radius 3 is 2.92 bits per heavy atom. The molecule has 8 nitrogen and oxygen atoms in total. The van der Waals surface area contributed by atoms with Crippen molar-refractivity contribution in [2.24, 2.45) is 0 Å². The molecule has 0 fully saturated rings. The minimum absolute atomic E-state index is 0.0864. The minimum atomic E-state index is -0.350. The predicted molar refractivity (Wildman–Crippen MR) is 92.2 cm³/mol. The van der Waals surface area contributed by atoms with Gasteiger partial charge in [-0.25, -0.2) is 4.68 Å². The highest BCUT2D eigenvalue weighted by Crippen LogP contribution is 2.18. The van der Waals surface area contributed by atoms with Gasteiger partial charge < -0.3 is 4.52 Å². The van der Waals surface area contributed by atoms with E-state index < -0.39 is 0 Å². The van der Waals surface area contributed by atoms with Gasteiger partial charge in [0.25, 0.3) is 5.56 Å². The van der Waals surface area contributed by atoms with Crippen LogP contribution >= 0.6 is 0 Å². The SMILES string of the molecule is CCCn1nc2c(cc1=O)CN(C(C)C(=O)Nc1cc(C)no1)CC2. The van der Waals surface area contributed by atoms with E-state index in [9.17, 15) is 9.59 Å².